The molecule has 0 heterocycles. The molecular weight excluding hydrogens is 213 g/mol. The lowest BCUT2D eigenvalue weighted by molar-refractivity contribution is -0.141. The summed E-state index contributed by atoms with van der Waals surface area (Å²) in [5.74, 6) is -0.759. The third-order valence-electron chi connectivity index (χ3n) is 2.22. The molecule has 0 aromatic heterocycles. The lowest BCUT2D eigenvalue weighted by atomic mass is 10.0. The van der Waals surface area contributed by atoms with Crippen molar-refractivity contribution >= 4 is 5.97 Å². The quantitative estimate of drug-likeness (QED) is 0.790. The van der Waals surface area contributed by atoms with Crippen LogP contribution in [0.1, 0.15) is 18.0 Å². The molecular formula is C11H14FNO3. The second-order valence-electron chi connectivity index (χ2n) is 3.28. The summed E-state index contributed by atoms with van der Waals surface area (Å²) in [4.78, 5) is 11.0. The second kappa shape index (κ2) is 5.46. The Morgan fingerprint density at radius 2 is 2.19 bits per heavy atom. The molecule has 0 spiro atoms. The van der Waals surface area contributed by atoms with Gasteiger partial charge in [0.15, 0.2) is 11.6 Å². The Kier molecular flexibility index (Phi) is 4.25. The van der Waals surface area contributed by atoms with Crippen LogP contribution in [0.25, 0.3) is 0 Å². The average molecular weight is 227 g/mol. The van der Waals surface area contributed by atoms with Crippen molar-refractivity contribution in [2.45, 2.75) is 12.5 Å². The highest BCUT2D eigenvalue weighted by atomic mass is 19.1. The number of rotatable bonds is 4. The number of nitrogens with two attached hydrogens (primary N) is 1. The molecule has 0 amide bonds. The Balaban J connectivity index is 2.83. The summed E-state index contributed by atoms with van der Waals surface area (Å²) in [6, 6.07) is 3.72. The minimum Gasteiger partial charge on any atom is -0.494 e. The van der Waals surface area contributed by atoms with Crippen LogP contribution < -0.4 is 10.5 Å². The molecule has 1 atom stereocenters. The van der Waals surface area contributed by atoms with Gasteiger partial charge in [-0.25, -0.2) is 4.39 Å². The van der Waals surface area contributed by atoms with E-state index >= 15 is 0 Å². The zero-order valence-electron chi connectivity index (χ0n) is 9.20. The van der Waals surface area contributed by atoms with Crippen molar-refractivity contribution in [3.63, 3.8) is 0 Å². The molecule has 4 nitrogen and oxygen atoms in total. The summed E-state index contributed by atoms with van der Waals surface area (Å²) in [6.45, 7) is 0. The fourth-order valence-electron chi connectivity index (χ4n) is 1.29. The van der Waals surface area contributed by atoms with Crippen molar-refractivity contribution < 1.29 is 18.7 Å². The van der Waals surface area contributed by atoms with Crippen LogP contribution in [0.3, 0.4) is 0 Å². The number of hydrogen-bond donors (Lipinski definition) is 1. The van der Waals surface area contributed by atoms with Gasteiger partial charge in [0.25, 0.3) is 0 Å². The number of carbonyl (C=O) groups is 1. The number of benzene rings is 1. The van der Waals surface area contributed by atoms with Gasteiger partial charge in [-0.05, 0) is 17.7 Å². The van der Waals surface area contributed by atoms with Crippen molar-refractivity contribution in [1.29, 1.82) is 0 Å². The maximum Gasteiger partial charge on any atom is 0.307 e. The van der Waals surface area contributed by atoms with E-state index in [1.165, 1.54) is 32.4 Å². The van der Waals surface area contributed by atoms with Crippen LogP contribution in [0.2, 0.25) is 0 Å². The Labute approximate surface area is 93.2 Å². The van der Waals surface area contributed by atoms with E-state index in [0.717, 1.165) is 0 Å². The van der Waals surface area contributed by atoms with Gasteiger partial charge in [0.1, 0.15) is 0 Å². The average Bonchev–Trinajstić information content (AvgIpc) is 2.29. The normalized spacial score (nSPS) is 12.0. The molecule has 0 bridgehead atoms. The van der Waals surface area contributed by atoms with Crippen LogP contribution in [0.5, 0.6) is 5.75 Å². The van der Waals surface area contributed by atoms with E-state index in [1.807, 2.05) is 0 Å². The first-order chi connectivity index (χ1) is 7.58. The van der Waals surface area contributed by atoms with Crippen LogP contribution in [0.15, 0.2) is 18.2 Å². The van der Waals surface area contributed by atoms with Crippen molar-refractivity contribution in [2.75, 3.05) is 14.2 Å². The van der Waals surface area contributed by atoms with Gasteiger partial charge in [0.05, 0.1) is 20.6 Å². The van der Waals surface area contributed by atoms with Crippen LogP contribution in [0, 0.1) is 5.82 Å². The number of ether oxygens (including phenoxy) is 2. The molecule has 5 heteroatoms. The third kappa shape index (κ3) is 2.93. The third-order valence-corrected chi connectivity index (χ3v) is 2.22. The van der Waals surface area contributed by atoms with E-state index in [-0.39, 0.29) is 12.2 Å². The van der Waals surface area contributed by atoms with E-state index in [9.17, 15) is 9.18 Å². The number of carbonyl (C=O) groups excluding carboxylic acids is 1. The van der Waals surface area contributed by atoms with Gasteiger partial charge < -0.3 is 15.2 Å². The fourth-order valence-corrected chi connectivity index (χ4v) is 1.29. The van der Waals surface area contributed by atoms with Gasteiger partial charge in [0, 0.05) is 6.04 Å². The summed E-state index contributed by atoms with van der Waals surface area (Å²) in [6.07, 6.45) is 0.0469. The van der Waals surface area contributed by atoms with Crippen molar-refractivity contribution in [3.8, 4) is 5.75 Å². The van der Waals surface area contributed by atoms with Gasteiger partial charge in [-0.15, -0.1) is 0 Å². The van der Waals surface area contributed by atoms with Crippen LogP contribution in [0.4, 0.5) is 4.39 Å². The number of esters is 1. The van der Waals surface area contributed by atoms with Gasteiger partial charge in [-0.1, -0.05) is 6.07 Å². The van der Waals surface area contributed by atoms with Crippen LogP contribution in [-0.4, -0.2) is 20.2 Å². The highest BCUT2D eigenvalue weighted by molar-refractivity contribution is 5.70. The molecule has 1 rings (SSSR count). The van der Waals surface area contributed by atoms with Gasteiger partial charge >= 0.3 is 5.97 Å². The van der Waals surface area contributed by atoms with Crippen LogP contribution >= 0.6 is 0 Å². The highest BCUT2D eigenvalue weighted by Gasteiger charge is 2.14. The molecule has 0 saturated carbocycles. The van der Waals surface area contributed by atoms with Gasteiger partial charge in [-0.2, -0.15) is 0 Å². The Morgan fingerprint density at radius 1 is 1.50 bits per heavy atom. The van der Waals surface area contributed by atoms with E-state index in [2.05, 4.69) is 4.74 Å². The van der Waals surface area contributed by atoms with Gasteiger partial charge in [0.2, 0.25) is 0 Å². The molecule has 0 aliphatic rings. The van der Waals surface area contributed by atoms with E-state index in [1.54, 1.807) is 0 Å². The van der Waals surface area contributed by atoms with Crippen LogP contribution in [-0.2, 0) is 9.53 Å². The number of methoxy groups -OCH3 is 2. The predicted molar refractivity (Wildman–Crippen MR) is 56.5 cm³/mol. The summed E-state index contributed by atoms with van der Waals surface area (Å²) in [5.41, 5.74) is 6.39. The van der Waals surface area contributed by atoms with Gasteiger partial charge in [-0.3, -0.25) is 4.79 Å². The summed E-state index contributed by atoms with van der Waals surface area (Å²) >= 11 is 0. The molecule has 0 saturated heterocycles. The first kappa shape index (κ1) is 12.4. The molecule has 0 aliphatic carbocycles. The Hall–Kier alpha value is -1.62. The van der Waals surface area contributed by atoms with E-state index in [0.29, 0.717) is 5.56 Å². The van der Waals surface area contributed by atoms with Crippen molar-refractivity contribution in [3.05, 3.63) is 29.6 Å². The molecule has 0 unspecified atom stereocenters. The van der Waals surface area contributed by atoms with E-state index in [4.69, 9.17) is 10.5 Å². The molecule has 16 heavy (non-hydrogen) atoms. The topological polar surface area (TPSA) is 61.5 Å². The Bertz CT molecular complexity index is 381. The first-order valence-corrected chi connectivity index (χ1v) is 4.74. The minimum atomic E-state index is -0.526. The molecule has 0 aliphatic heterocycles. The fraction of sp³-hybridized carbons (Fsp3) is 0.364. The summed E-state index contributed by atoms with van der Waals surface area (Å²) < 4.78 is 22.4. The number of halogens is 1. The maximum absolute atomic E-state index is 13.1. The largest absolute Gasteiger partial charge is 0.494 e. The monoisotopic (exact) mass is 227 g/mol. The molecule has 0 fully saturated rings. The second-order valence-corrected chi connectivity index (χ2v) is 3.28. The lowest BCUT2D eigenvalue weighted by Gasteiger charge is -2.12. The van der Waals surface area contributed by atoms with Crippen molar-refractivity contribution in [2.24, 2.45) is 5.73 Å². The molecule has 1 aromatic rings. The molecule has 1 aromatic carbocycles. The molecule has 2 N–H and O–H groups in total. The minimum absolute atomic E-state index is 0.0469. The molecule has 0 radical (unpaired) electrons. The summed E-state index contributed by atoms with van der Waals surface area (Å²) in [5, 5.41) is 0. The lowest BCUT2D eigenvalue weighted by Crippen LogP contribution is -2.16. The maximum atomic E-state index is 13.1. The predicted octanol–water partition coefficient (Wildman–Crippen LogP) is 1.40. The zero-order valence-corrected chi connectivity index (χ0v) is 9.20. The van der Waals surface area contributed by atoms with E-state index < -0.39 is 17.8 Å². The SMILES string of the molecule is COC(=O)C[C@H](N)c1ccc(F)c(OC)c1. The summed E-state index contributed by atoms with van der Waals surface area (Å²) in [7, 11) is 2.66. The smallest absolute Gasteiger partial charge is 0.307 e. The molecule has 88 valence electrons. The van der Waals surface area contributed by atoms with Crippen molar-refractivity contribution in [1.82, 2.24) is 0 Å². The standard InChI is InChI=1S/C11H14FNO3/c1-15-10-5-7(3-4-8(10)12)9(13)6-11(14)16-2/h3-5,9H,6,13H2,1-2H3/t9-/m0/s1. The zero-order chi connectivity index (χ0) is 12.1. The first-order valence-electron chi connectivity index (χ1n) is 4.74. The number of hydrogen-bond acceptors (Lipinski definition) is 4. The Morgan fingerprint density at radius 3 is 2.75 bits per heavy atom. The highest BCUT2D eigenvalue weighted by Crippen LogP contribution is 2.23.